The van der Waals surface area contributed by atoms with Gasteiger partial charge in [-0.25, -0.2) is 0 Å². The van der Waals surface area contributed by atoms with Crippen LogP contribution < -0.4 is 9.47 Å². The maximum atomic E-state index is 12.7. The highest BCUT2D eigenvalue weighted by molar-refractivity contribution is 6.11. The Bertz CT molecular complexity index is 689. The summed E-state index contributed by atoms with van der Waals surface area (Å²) in [6.07, 6.45) is 1.96. The fraction of sp³-hybridized carbons (Fsp3) is 0.278. The van der Waals surface area contributed by atoms with E-state index in [0.717, 1.165) is 36.3 Å². The molecule has 1 aliphatic rings. The highest BCUT2D eigenvalue weighted by Gasteiger charge is 2.18. The van der Waals surface area contributed by atoms with Crippen LogP contribution in [0.25, 0.3) is 0 Å². The molecule has 0 saturated carbocycles. The Morgan fingerprint density at radius 1 is 1.19 bits per heavy atom. The number of carbonyl (C=O) groups is 1. The van der Waals surface area contributed by atoms with Crippen molar-refractivity contribution in [2.24, 2.45) is 0 Å². The van der Waals surface area contributed by atoms with Crippen molar-refractivity contribution in [1.82, 2.24) is 0 Å². The second-order valence-corrected chi connectivity index (χ2v) is 5.31. The normalized spacial score (nSPS) is 13.2. The lowest BCUT2D eigenvalue weighted by Gasteiger charge is -2.18. The molecule has 1 heterocycles. The van der Waals surface area contributed by atoms with Gasteiger partial charge in [0.1, 0.15) is 11.5 Å². The van der Waals surface area contributed by atoms with E-state index in [1.807, 2.05) is 43.3 Å². The minimum absolute atomic E-state index is 0.0103. The maximum absolute atomic E-state index is 12.7. The van der Waals surface area contributed by atoms with Crippen molar-refractivity contribution < 1.29 is 14.3 Å². The molecule has 2 aromatic carbocycles. The zero-order valence-electron chi connectivity index (χ0n) is 12.3. The van der Waals surface area contributed by atoms with Crippen LogP contribution in [0.3, 0.4) is 0 Å². The highest BCUT2D eigenvalue weighted by atomic mass is 16.5. The van der Waals surface area contributed by atoms with Gasteiger partial charge < -0.3 is 9.47 Å². The molecule has 1 aliphatic heterocycles. The molecule has 3 rings (SSSR count). The first-order chi connectivity index (χ1) is 10.2. The van der Waals surface area contributed by atoms with Gasteiger partial charge in [0.2, 0.25) is 0 Å². The van der Waals surface area contributed by atoms with E-state index in [4.69, 9.17) is 9.47 Å². The molecule has 0 amide bonds. The number of fused-ring (bicyclic) bond motifs is 1. The van der Waals surface area contributed by atoms with E-state index < -0.39 is 0 Å². The predicted octanol–water partition coefficient (Wildman–Crippen LogP) is 3.56. The molecule has 0 bridgehead atoms. The first kappa shape index (κ1) is 13.7. The van der Waals surface area contributed by atoms with Crippen LogP contribution in [-0.4, -0.2) is 19.5 Å². The van der Waals surface area contributed by atoms with E-state index in [1.54, 1.807) is 7.11 Å². The third-order valence-corrected chi connectivity index (χ3v) is 3.77. The van der Waals surface area contributed by atoms with Crippen LogP contribution in [0, 0.1) is 6.92 Å². The second kappa shape index (κ2) is 5.60. The number of ketones is 1. The van der Waals surface area contributed by atoms with Crippen LogP contribution in [0.2, 0.25) is 0 Å². The molecular formula is C18H18O3. The van der Waals surface area contributed by atoms with Crippen molar-refractivity contribution in [3.8, 4) is 11.5 Å². The van der Waals surface area contributed by atoms with E-state index in [1.165, 1.54) is 0 Å². The summed E-state index contributed by atoms with van der Waals surface area (Å²) < 4.78 is 10.9. The average Bonchev–Trinajstić information content (AvgIpc) is 2.53. The second-order valence-electron chi connectivity index (χ2n) is 5.31. The lowest BCUT2D eigenvalue weighted by Crippen LogP contribution is -2.10. The Morgan fingerprint density at radius 3 is 2.86 bits per heavy atom. The summed E-state index contributed by atoms with van der Waals surface area (Å²) in [5, 5.41) is 0. The topological polar surface area (TPSA) is 35.5 Å². The minimum atomic E-state index is -0.0103. The molecule has 2 aromatic rings. The van der Waals surface area contributed by atoms with Crippen molar-refractivity contribution in [2.75, 3.05) is 13.7 Å². The number of hydrogen-bond donors (Lipinski definition) is 0. The molecule has 108 valence electrons. The molecule has 0 spiro atoms. The average molecular weight is 282 g/mol. The molecule has 3 heteroatoms. The molecule has 0 atom stereocenters. The molecule has 3 nitrogen and oxygen atoms in total. The fourth-order valence-corrected chi connectivity index (χ4v) is 2.66. The fourth-order valence-electron chi connectivity index (χ4n) is 2.66. The Kier molecular flexibility index (Phi) is 3.65. The summed E-state index contributed by atoms with van der Waals surface area (Å²) in [6, 6.07) is 11.3. The summed E-state index contributed by atoms with van der Waals surface area (Å²) in [4.78, 5) is 12.7. The van der Waals surface area contributed by atoms with Crippen LogP contribution in [0.1, 0.15) is 33.5 Å². The van der Waals surface area contributed by atoms with Gasteiger partial charge in [-0.2, -0.15) is 0 Å². The van der Waals surface area contributed by atoms with Crippen molar-refractivity contribution in [1.29, 1.82) is 0 Å². The van der Waals surface area contributed by atoms with Gasteiger partial charge in [0.15, 0.2) is 5.78 Å². The number of aryl methyl sites for hydroxylation is 2. The number of carbonyl (C=O) groups excluding carboxylic acids is 1. The Balaban J connectivity index is 2.00. The molecule has 0 saturated heterocycles. The molecule has 0 radical (unpaired) electrons. The van der Waals surface area contributed by atoms with Crippen molar-refractivity contribution >= 4 is 5.78 Å². The third-order valence-electron chi connectivity index (χ3n) is 3.77. The number of hydrogen-bond acceptors (Lipinski definition) is 3. The Hall–Kier alpha value is -2.29. The summed E-state index contributed by atoms with van der Waals surface area (Å²) in [7, 11) is 1.59. The van der Waals surface area contributed by atoms with Crippen LogP contribution in [-0.2, 0) is 6.42 Å². The lowest BCUT2D eigenvalue weighted by molar-refractivity contribution is 0.103. The van der Waals surface area contributed by atoms with Gasteiger partial charge in [-0.3, -0.25) is 4.79 Å². The van der Waals surface area contributed by atoms with Gasteiger partial charge in [-0.15, -0.1) is 0 Å². The number of ether oxygens (including phenoxy) is 2. The van der Waals surface area contributed by atoms with Crippen molar-refractivity contribution in [3.63, 3.8) is 0 Å². The lowest BCUT2D eigenvalue weighted by atomic mass is 9.97. The molecular weight excluding hydrogens is 264 g/mol. The molecule has 21 heavy (non-hydrogen) atoms. The number of methoxy groups -OCH3 is 1. The van der Waals surface area contributed by atoms with E-state index in [9.17, 15) is 4.79 Å². The van der Waals surface area contributed by atoms with Gasteiger partial charge in [0.05, 0.1) is 19.3 Å². The summed E-state index contributed by atoms with van der Waals surface area (Å²) in [5.41, 5.74) is 3.44. The van der Waals surface area contributed by atoms with Crippen LogP contribution in [0.15, 0.2) is 36.4 Å². The Morgan fingerprint density at radius 2 is 2.05 bits per heavy atom. The zero-order chi connectivity index (χ0) is 14.8. The SMILES string of the molecule is COc1ccc(C)cc1C(=O)c1ccc2c(c1)CCCO2. The van der Waals surface area contributed by atoms with E-state index in [-0.39, 0.29) is 5.78 Å². The Labute approximate surface area is 124 Å². The maximum Gasteiger partial charge on any atom is 0.196 e. The molecule has 0 aliphatic carbocycles. The zero-order valence-corrected chi connectivity index (χ0v) is 12.3. The smallest absolute Gasteiger partial charge is 0.196 e. The van der Waals surface area contributed by atoms with Crippen molar-refractivity contribution in [2.45, 2.75) is 19.8 Å². The third kappa shape index (κ3) is 2.64. The van der Waals surface area contributed by atoms with Gasteiger partial charge in [0.25, 0.3) is 0 Å². The van der Waals surface area contributed by atoms with E-state index >= 15 is 0 Å². The quantitative estimate of drug-likeness (QED) is 0.807. The summed E-state index contributed by atoms with van der Waals surface area (Å²) in [6.45, 7) is 2.73. The minimum Gasteiger partial charge on any atom is -0.496 e. The standard InChI is InChI=1S/C18H18O3/c1-12-5-7-17(20-2)15(10-12)18(19)14-6-8-16-13(11-14)4-3-9-21-16/h5-8,10-11H,3-4,9H2,1-2H3. The highest BCUT2D eigenvalue weighted by Crippen LogP contribution is 2.28. The van der Waals surface area contributed by atoms with Crippen molar-refractivity contribution in [3.05, 3.63) is 58.7 Å². The predicted molar refractivity (Wildman–Crippen MR) is 81.4 cm³/mol. The largest absolute Gasteiger partial charge is 0.496 e. The van der Waals surface area contributed by atoms with Gasteiger partial charge >= 0.3 is 0 Å². The molecule has 0 aromatic heterocycles. The molecule has 0 unspecified atom stereocenters. The number of rotatable bonds is 3. The molecule has 0 fully saturated rings. The van der Waals surface area contributed by atoms with Crippen LogP contribution >= 0.6 is 0 Å². The van der Waals surface area contributed by atoms with E-state index in [0.29, 0.717) is 16.9 Å². The summed E-state index contributed by atoms with van der Waals surface area (Å²) >= 11 is 0. The van der Waals surface area contributed by atoms with Crippen LogP contribution in [0.5, 0.6) is 11.5 Å². The summed E-state index contributed by atoms with van der Waals surface area (Å²) in [5.74, 6) is 1.50. The van der Waals surface area contributed by atoms with Gasteiger partial charge in [-0.1, -0.05) is 11.6 Å². The first-order valence-corrected chi connectivity index (χ1v) is 7.14. The van der Waals surface area contributed by atoms with Gasteiger partial charge in [0, 0.05) is 5.56 Å². The van der Waals surface area contributed by atoms with Crippen LogP contribution in [0.4, 0.5) is 0 Å². The van der Waals surface area contributed by atoms with E-state index in [2.05, 4.69) is 0 Å². The first-order valence-electron chi connectivity index (χ1n) is 7.14. The monoisotopic (exact) mass is 282 g/mol. The van der Waals surface area contributed by atoms with Gasteiger partial charge in [-0.05, 0) is 55.7 Å². The number of benzene rings is 2. The molecule has 0 N–H and O–H groups in total.